The Labute approximate surface area is 128 Å². The Balaban J connectivity index is 2.02. The third-order valence-electron chi connectivity index (χ3n) is 4.13. The van der Waals surface area contributed by atoms with Crippen molar-refractivity contribution in [2.45, 2.75) is 65.3 Å². The molecule has 1 heterocycles. The number of hydrogen-bond donors (Lipinski definition) is 0. The molecule has 21 heavy (non-hydrogen) atoms. The normalized spacial score (nSPS) is 12.5. The molecule has 0 aliphatic carbocycles. The highest BCUT2D eigenvalue weighted by molar-refractivity contribution is 5.26. The number of benzene rings is 1. The molecular formula is C18H27N3. The first-order valence-corrected chi connectivity index (χ1v) is 8.24. The van der Waals surface area contributed by atoms with Crippen LogP contribution >= 0.6 is 0 Å². The van der Waals surface area contributed by atoms with Gasteiger partial charge in [0.1, 0.15) is 0 Å². The summed E-state index contributed by atoms with van der Waals surface area (Å²) in [6, 6.07) is 9.17. The Hall–Kier alpha value is -1.64. The van der Waals surface area contributed by atoms with Crippen LogP contribution in [0.3, 0.4) is 0 Å². The second-order valence-corrected chi connectivity index (χ2v) is 5.72. The van der Waals surface area contributed by atoms with E-state index in [1.165, 1.54) is 30.4 Å². The molecule has 1 unspecified atom stereocenters. The molecule has 0 saturated heterocycles. The zero-order valence-electron chi connectivity index (χ0n) is 13.5. The van der Waals surface area contributed by atoms with E-state index in [0.29, 0.717) is 5.92 Å². The summed E-state index contributed by atoms with van der Waals surface area (Å²) in [5.41, 5.74) is 3.97. The van der Waals surface area contributed by atoms with Crippen molar-refractivity contribution < 1.29 is 0 Å². The van der Waals surface area contributed by atoms with Crippen molar-refractivity contribution in [1.29, 1.82) is 0 Å². The van der Waals surface area contributed by atoms with Gasteiger partial charge in [0.25, 0.3) is 0 Å². The van der Waals surface area contributed by atoms with E-state index >= 15 is 0 Å². The van der Waals surface area contributed by atoms with Crippen LogP contribution in [0.4, 0.5) is 0 Å². The van der Waals surface area contributed by atoms with Gasteiger partial charge in [-0.1, -0.05) is 49.7 Å². The number of rotatable bonds is 8. The highest BCUT2D eigenvalue weighted by atomic mass is 15.4. The maximum atomic E-state index is 4.27. The topological polar surface area (TPSA) is 30.7 Å². The first-order chi connectivity index (χ1) is 10.3. The summed E-state index contributed by atoms with van der Waals surface area (Å²) >= 11 is 0. The minimum absolute atomic E-state index is 0.534. The Bertz CT molecular complexity index is 528. The number of hydrogen-bond acceptors (Lipinski definition) is 2. The molecule has 3 heteroatoms. The Kier molecular flexibility index (Phi) is 5.97. The lowest BCUT2D eigenvalue weighted by molar-refractivity contribution is 0.624. The van der Waals surface area contributed by atoms with Crippen molar-refractivity contribution in [2.24, 2.45) is 0 Å². The fourth-order valence-electron chi connectivity index (χ4n) is 2.67. The summed E-state index contributed by atoms with van der Waals surface area (Å²) in [5, 5.41) is 8.40. The van der Waals surface area contributed by atoms with Gasteiger partial charge in [0.05, 0.1) is 5.69 Å². The standard InChI is InChI=1S/C18H27N3/c1-4-7-8-15-9-11-17(12-10-15)16(5-2)13-18-14-21(6-3)20-19-18/h9-12,14,16H,4-8,13H2,1-3H3. The van der Waals surface area contributed by atoms with E-state index < -0.39 is 0 Å². The molecule has 1 atom stereocenters. The second kappa shape index (κ2) is 7.96. The Morgan fingerprint density at radius 3 is 2.43 bits per heavy atom. The van der Waals surface area contributed by atoms with Crippen molar-refractivity contribution in [3.8, 4) is 0 Å². The van der Waals surface area contributed by atoms with Gasteiger partial charge in [-0.05, 0) is 49.7 Å². The lowest BCUT2D eigenvalue weighted by atomic mass is 9.91. The number of aromatic nitrogens is 3. The lowest BCUT2D eigenvalue weighted by Crippen LogP contribution is -2.02. The van der Waals surface area contributed by atoms with E-state index in [9.17, 15) is 0 Å². The molecule has 0 N–H and O–H groups in total. The first kappa shape index (κ1) is 15.7. The molecule has 0 amide bonds. The number of unbranched alkanes of at least 4 members (excludes halogenated alkanes) is 1. The number of nitrogens with zero attached hydrogens (tertiary/aromatic N) is 3. The molecule has 0 aliphatic heterocycles. The van der Waals surface area contributed by atoms with Gasteiger partial charge in [-0.3, -0.25) is 4.68 Å². The monoisotopic (exact) mass is 285 g/mol. The van der Waals surface area contributed by atoms with Crippen molar-refractivity contribution >= 4 is 0 Å². The lowest BCUT2D eigenvalue weighted by Gasteiger charge is -2.14. The van der Waals surface area contributed by atoms with Crippen LogP contribution in [-0.2, 0) is 19.4 Å². The third kappa shape index (κ3) is 4.42. The molecule has 2 aromatic rings. The fourth-order valence-corrected chi connectivity index (χ4v) is 2.67. The molecule has 0 radical (unpaired) electrons. The van der Waals surface area contributed by atoms with Gasteiger partial charge in [0, 0.05) is 12.7 Å². The van der Waals surface area contributed by atoms with Crippen LogP contribution in [0.15, 0.2) is 30.5 Å². The largest absolute Gasteiger partial charge is 0.253 e. The zero-order valence-corrected chi connectivity index (χ0v) is 13.5. The average molecular weight is 285 g/mol. The summed E-state index contributed by atoms with van der Waals surface area (Å²) in [6.45, 7) is 7.46. The van der Waals surface area contributed by atoms with E-state index in [2.05, 4.69) is 61.5 Å². The predicted octanol–water partition coefficient (Wildman–Crippen LogP) is 4.38. The highest BCUT2D eigenvalue weighted by Gasteiger charge is 2.12. The molecule has 0 fully saturated rings. The Morgan fingerprint density at radius 2 is 1.86 bits per heavy atom. The minimum atomic E-state index is 0.534. The van der Waals surface area contributed by atoms with Crippen LogP contribution in [0.1, 0.15) is 62.8 Å². The van der Waals surface area contributed by atoms with Crippen molar-refractivity contribution in [1.82, 2.24) is 15.0 Å². The molecular weight excluding hydrogens is 258 g/mol. The van der Waals surface area contributed by atoms with Crippen LogP contribution in [-0.4, -0.2) is 15.0 Å². The van der Waals surface area contributed by atoms with E-state index in [1.54, 1.807) is 0 Å². The smallest absolute Gasteiger partial charge is 0.0833 e. The van der Waals surface area contributed by atoms with Crippen LogP contribution < -0.4 is 0 Å². The third-order valence-corrected chi connectivity index (χ3v) is 4.13. The summed E-state index contributed by atoms with van der Waals surface area (Å²) in [6.07, 6.45) is 7.90. The quantitative estimate of drug-likeness (QED) is 0.720. The number of aryl methyl sites for hydroxylation is 2. The molecule has 3 nitrogen and oxygen atoms in total. The molecule has 0 saturated carbocycles. The SMILES string of the molecule is CCCCc1ccc(C(CC)Cc2cn(CC)nn2)cc1. The van der Waals surface area contributed by atoms with Gasteiger partial charge in [0.15, 0.2) is 0 Å². The van der Waals surface area contributed by atoms with Crippen LogP contribution in [0.25, 0.3) is 0 Å². The van der Waals surface area contributed by atoms with E-state index in [0.717, 1.165) is 25.1 Å². The predicted molar refractivity (Wildman–Crippen MR) is 87.5 cm³/mol. The van der Waals surface area contributed by atoms with Gasteiger partial charge < -0.3 is 0 Å². The summed E-state index contributed by atoms with van der Waals surface area (Å²) in [7, 11) is 0. The van der Waals surface area contributed by atoms with Crippen molar-refractivity contribution in [3.63, 3.8) is 0 Å². The highest BCUT2D eigenvalue weighted by Crippen LogP contribution is 2.24. The van der Waals surface area contributed by atoms with Crippen LogP contribution in [0.5, 0.6) is 0 Å². The van der Waals surface area contributed by atoms with E-state index in [-0.39, 0.29) is 0 Å². The van der Waals surface area contributed by atoms with Crippen LogP contribution in [0, 0.1) is 0 Å². The van der Waals surface area contributed by atoms with Gasteiger partial charge >= 0.3 is 0 Å². The van der Waals surface area contributed by atoms with Gasteiger partial charge in [-0.2, -0.15) is 0 Å². The summed E-state index contributed by atoms with van der Waals surface area (Å²) in [5.74, 6) is 0.534. The molecule has 0 aliphatic rings. The molecule has 2 rings (SSSR count). The van der Waals surface area contributed by atoms with Crippen molar-refractivity contribution in [2.75, 3.05) is 0 Å². The summed E-state index contributed by atoms with van der Waals surface area (Å²) < 4.78 is 1.90. The van der Waals surface area contributed by atoms with Crippen molar-refractivity contribution in [3.05, 3.63) is 47.3 Å². The first-order valence-electron chi connectivity index (χ1n) is 8.24. The summed E-state index contributed by atoms with van der Waals surface area (Å²) in [4.78, 5) is 0. The van der Waals surface area contributed by atoms with Gasteiger partial charge in [-0.15, -0.1) is 5.10 Å². The average Bonchev–Trinajstić information content (AvgIpc) is 2.99. The molecule has 0 spiro atoms. The second-order valence-electron chi connectivity index (χ2n) is 5.72. The minimum Gasteiger partial charge on any atom is -0.253 e. The maximum Gasteiger partial charge on any atom is 0.0833 e. The van der Waals surface area contributed by atoms with Crippen LogP contribution in [0.2, 0.25) is 0 Å². The van der Waals surface area contributed by atoms with E-state index in [4.69, 9.17) is 0 Å². The molecule has 0 bridgehead atoms. The molecule has 114 valence electrons. The zero-order chi connectivity index (χ0) is 15.1. The van der Waals surface area contributed by atoms with Gasteiger partial charge in [-0.25, -0.2) is 0 Å². The fraction of sp³-hybridized carbons (Fsp3) is 0.556. The maximum absolute atomic E-state index is 4.27. The molecule has 1 aromatic carbocycles. The van der Waals surface area contributed by atoms with E-state index in [1.807, 2.05) is 4.68 Å². The van der Waals surface area contributed by atoms with Gasteiger partial charge in [0.2, 0.25) is 0 Å². The molecule has 1 aromatic heterocycles. The Morgan fingerprint density at radius 1 is 1.10 bits per heavy atom.